The summed E-state index contributed by atoms with van der Waals surface area (Å²) in [6.45, 7) is 0.520. The molecule has 0 bridgehead atoms. The van der Waals surface area contributed by atoms with E-state index in [9.17, 15) is 4.79 Å². The van der Waals surface area contributed by atoms with E-state index in [-0.39, 0.29) is 6.09 Å². The van der Waals surface area contributed by atoms with Gasteiger partial charge in [-0.1, -0.05) is 18.2 Å². The second kappa shape index (κ2) is 4.00. The van der Waals surface area contributed by atoms with Crippen molar-refractivity contribution in [3.05, 3.63) is 40.2 Å². The highest BCUT2D eigenvalue weighted by Gasteiger charge is 2.27. The van der Waals surface area contributed by atoms with E-state index in [2.05, 4.69) is 22.6 Å². The largest absolute Gasteiger partial charge is 0.419 e. The second-order valence-corrected chi connectivity index (χ2v) is 3.49. The molecular formula is C10H8INO2. The number of hydrogen-bond acceptors (Lipinski definition) is 2. The molecule has 0 aromatic heterocycles. The van der Waals surface area contributed by atoms with Crippen LogP contribution in [0.2, 0.25) is 0 Å². The molecule has 0 unspecified atom stereocenters. The molecular weight excluding hydrogens is 293 g/mol. The molecule has 2 rings (SSSR count). The third-order valence-corrected chi connectivity index (χ3v) is 2.64. The number of carbonyl (C=O) groups excluding carboxylic acids is 1. The van der Waals surface area contributed by atoms with E-state index in [1.54, 1.807) is 8.98 Å². The number of para-hydroxylation sites is 1. The van der Waals surface area contributed by atoms with Gasteiger partial charge in [0, 0.05) is 9.77 Å². The molecule has 1 fully saturated rings. The molecule has 0 aliphatic carbocycles. The van der Waals surface area contributed by atoms with Gasteiger partial charge in [-0.2, -0.15) is 0 Å². The molecule has 1 amide bonds. The minimum atomic E-state index is -0.306. The lowest BCUT2D eigenvalue weighted by Gasteiger charge is -2.10. The number of nitrogens with zero attached hydrogens (tertiary/aromatic N) is 1. The molecule has 0 N–H and O–H groups in total. The van der Waals surface area contributed by atoms with E-state index in [0.717, 1.165) is 5.69 Å². The number of rotatable bonds is 1. The Labute approximate surface area is 95.5 Å². The first kappa shape index (κ1) is 9.51. The smallest absolute Gasteiger partial charge is 0.412 e. The highest BCUT2D eigenvalue weighted by atomic mass is 127. The Hall–Kier alpha value is -1.04. The maximum absolute atomic E-state index is 11.4. The molecule has 1 saturated heterocycles. The van der Waals surface area contributed by atoms with E-state index < -0.39 is 0 Å². The average Bonchev–Trinajstić information content (AvgIpc) is 2.61. The van der Waals surface area contributed by atoms with Crippen molar-refractivity contribution < 1.29 is 9.53 Å². The van der Waals surface area contributed by atoms with Gasteiger partial charge in [0.1, 0.15) is 5.76 Å². The van der Waals surface area contributed by atoms with Crippen LogP contribution in [0.25, 0.3) is 0 Å². The minimum absolute atomic E-state index is 0.306. The number of benzene rings is 1. The Morgan fingerprint density at radius 1 is 1.36 bits per heavy atom. The summed E-state index contributed by atoms with van der Waals surface area (Å²) < 4.78 is 6.79. The summed E-state index contributed by atoms with van der Waals surface area (Å²) in [5.41, 5.74) is 0.866. The third-order valence-electron chi connectivity index (χ3n) is 1.94. The molecule has 0 atom stereocenters. The van der Waals surface area contributed by atoms with Gasteiger partial charge in [0.25, 0.3) is 0 Å². The summed E-state index contributed by atoms with van der Waals surface area (Å²) in [7, 11) is 0. The van der Waals surface area contributed by atoms with E-state index in [1.165, 1.54) is 0 Å². The number of ether oxygens (including phenoxy) is 1. The van der Waals surface area contributed by atoms with Gasteiger partial charge in [-0.25, -0.2) is 4.79 Å². The van der Waals surface area contributed by atoms with Crippen molar-refractivity contribution in [2.24, 2.45) is 0 Å². The van der Waals surface area contributed by atoms with Crippen molar-refractivity contribution in [3.8, 4) is 0 Å². The Balaban J connectivity index is 2.25. The standard InChI is InChI=1S/C10H8INO2/c11-6-9-7-12(10(13)14-9)8-4-2-1-3-5-8/h1-6H,7H2/b9-6-. The molecule has 14 heavy (non-hydrogen) atoms. The van der Waals surface area contributed by atoms with Crippen LogP contribution in [-0.4, -0.2) is 12.6 Å². The van der Waals surface area contributed by atoms with E-state index in [0.29, 0.717) is 12.3 Å². The van der Waals surface area contributed by atoms with Crippen LogP contribution in [0.15, 0.2) is 40.2 Å². The average molecular weight is 301 g/mol. The second-order valence-electron chi connectivity index (χ2n) is 2.87. The summed E-state index contributed by atoms with van der Waals surface area (Å²) in [6.07, 6.45) is -0.306. The Bertz CT molecular complexity index is 375. The minimum Gasteiger partial charge on any atom is -0.412 e. The molecule has 0 radical (unpaired) electrons. The van der Waals surface area contributed by atoms with Crippen LogP contribution in [0.1, 0.15) is 0 Å². The number of halogens is 1. The van der Waals surface area contributed by atoms with Crippen molar-refractivity contribution in [3.63, 3.8) is 0 Å². The normalized spacial score (nSPS) is 18.8. The van der Waals surface area contributed by atoms with Gasteiger partial charge in [-0.15, -0.1) is 0 Å². The molecule has 1 heterocycles. The number of carbonyl (C=O) groups is 1. The van der Waals surface area contributed by atoms with Crippen molar-refractivity contribution in [2.45, 2.75) is 0 Å². The lowest BCUT2D eigenvalue weighted by Crippen LogP contribution is -2.22. The molecule has 1 aromatic rings. The predicted molar refractivity (Wildman–Crippen MR) is 62.4 cm³/mol. The fourth-order valence-electron chi connectivity index (χ4n) is 1.28. The Morgan fingerprint density at radius 3 is 2.64 bits per heavy atom. The molecule has 1 aromatic carbocycles. The van der Waals surface area contributed by atoms with Crippen LogP contribution in [0.5, 0.6) is 0 Å². The van der Waals surface area contributed by atoms with Crippen molar-refractivity contribution >= 4 is 34.4 Å². The summed E-state index contributed by atoms with van der Waals surface area (Å²) in [6, 6.07) is 9.48. The molecule has 72 valence electrons. The van der Waals surface area contributed by atoms with Crippen LogP contribution in [0, 0.1) is 0 Å². The zero-order valence-corrected chi connectivity index (χ0v) is 9.47. The van der Waals surface area contributed by atoms with Gasteiger partial charge in [0.15, 0.2) is 0 Å². The quantitative estimate of drug-likeness (QED) is 0.746. The van der Waals surface area contributed by atoms with Gasteiger partial charge < -0.3 is 4.74 Å². The topological polar surface area (TPSA) is 29.5 Å². The van der Waals surface area contributed by atoms with Gasteiger partial charge in [0.05, 0.1) is 6.54 Å². The zero-order chi connectivity index (χ0) is 9.97. The van der Waals surface area contributed by atoms with Crippen LogP contribution >= 0.6 is 22.6 Å². The maximum atomic E-state index is 11.4. The first-order chi connectivity index (χ1) is 6.81. The highest BCUT2D eigenvalue weighted by Crippen LogP contribution is 2.23. The molecule has 1 aliphatic rings. The van der Waals surface area contributed by atoms with Crippen LogP contribution in [0.4, 0.5) is 10.5 Å². The van der Waals surface area contributed by atoms with Gasteiger partial charge >= 0.3 is 6.09 Å². The van der Waals surface area contributed by atoms with E-state index in [4.69, 9.17) is 4.74 Å². The third kappa shape index (κ3) is 1.75. The van der Waals surface area contributed by atoms with Crippen LogP contribution in [0.3, 0.4) is 0 Å². The summed E-state index contributed by atoms with van der Waals surface area (Å²) in [4.78, 5) is 13.0. The van der Waals surface area contributed by atoms with Gasteiger partial charge in [0.2, 0.25) is 0 Å². The Morgan fingerprint density at radius 2 is 2.07 bits per heavy atom. The van der Waals surface area contributed by atoms with Crippen LogP contribution in [-0.2, 0) is 4.74 Å². The first-order valence-electron chi connectivity index (χ1n) is 4.15. The number of cyclic esters (lactones) is 1. The number of amides is 1. The summed E-state index contributed by atoms with van der Waals surface area (Å²) in [5, 5.41) is 0. The SMILES string of the molecule is O=C1O/C(=C\I)CN1c1ccccc1. The highest BCUT2D eigenvalue weighted by molar-refractivity contribution is 14.1. The molecule has 0 saturated carbocycles. The van der Waals surface area contributed by atoms with E-state index >= 15 is 0 Å². The summed E-state index contributed by atoms with van der Waals surface area (Å²) in [5.74, 6) is 0.694. The number of hydrogen-bond donors (Lipinski definition) is 0. The van der Waals surface area contributed by atoms with Crippen molar-refractivity contribution in [1.82, 2.24) is 0 Å². The lowest BCUT2D eigenvalue weighted by atomic mass is 10.3. The Kier molecular flexibility index (Phi) is 2.72. The van der Waals surface area contributed by atoms with E-state index in [1.807, 2.05) is 30.3 Å². The van der Waals surface area contributed by atoms with Crippen LogP contribution < -0.4 is 4.90 Å². The monoisotopic (exact) mass is 301 g/mol. The molecule has 1 aliphatic heterocycles. The number of anilines is 1. The fraction of sp³-hybridized carbons (Fsp3) is 0.100. The lowest BCUT2D eigenvalue weighted by molar-refractivity contribution is 0.199. The van der Waals surface area contributed by atoms with Gasteiger partial charge in [-0.05, 0) is 34.7 Å². The van der Waals surface area contributed by atoms with Crippen molar-refractivity contribution in [1.29, 1.82) is 0 Å². The summed E-state index contributed by atoms with van der Waals surface area (Å²) >= 11 is 2.06. The molecule has 0 spiro atoms. The van der Waals surface area contributed by atoms with Crippen molar-refractivity contribution in [2.75, 3.05) is 11.4 Å². The zero-order valence-electron chi connectivity index (χ0n) is 7.31. The fourth-order valence-corrected chi connectivity index (χ4v) is 1.61. The first-order valence-corrected chi connectivity index (χ1v) is 5.39. The molecule has 3 nitrogen and oxygen atoms in total. The maximum Gasteiger partial charge on any atom is 0.419 e. The predicted octanol–water partition coefficient (Wildman–Crippen LogP) is 2.92. The molecule has 4 heteroatoms. The van der Waals surface area contributed by atoms with Gasteiger partial charge in [-0.3, -0.25) is 4.90 Å².